The average Bonchev–Trinajstić information content (AvgIpc) is 2.69. The van der Waals surface area contributed by atoms with E-state index in [4.69, 9.17) is 0 Å². The van der Waals surface area contributed by atoms with Crippen LogP contribution in [-0.2, 0) is 16.8 Å². The van der Waals surface area contributed by atoms with E-state index >= 15 is 0 Å². The van der Waals surface area contributed by atoms with Crippen LogP contribution in [-0.4, -0.2) is 30.6 Å². The summed E-state index contributed by atoms with van der Waals surface area (Å²) in [4.78, 5) is 4.49. The van der Waals surface area contributed by atoms with E-state index in [0.717, 1.165) is 23.4 Å². The lowest BCUT2D eigenvalue weighted by Gasteiger charge is -2.11. The molecule has 0 spiro atoms. The van der Waals surface area contributed by atoms with Crippen molar-refractivity contribution in [2.75, 3.05) is 6.54 Å². The summed E-state index contributed by atoms with van der Waals surface area (Å²) in [6.45, 7) is 6.68. The van der Waals surface area contributed by atoms with Crippen molar-refractivity contribution in [3.63, 3.8) is 0 Å². The molecule has 0 atom stereocenters. The maximum atomic E-state index is 11.6. The van der Waals surface area contributed by atoms with Crippen molar-refractivity contribution in [2.24, 2.45) is 0 Å². The topological polar surface area (TPSA) is 76.0 Å². The molecule has 1 aromatic heterocycles. The molecule has 0 aliphatic heterocycles. The Hall–Kier alpha value is -1.44. The van der Waals surface area contributed by atoms with Crippen LogP contribution in [0.15, 0.2) is 24.3 Å². The Morgan fingerprint density at radius 2 is 2.00 bits per heavy atom. The molecule has 0 amide bonds. The van der Waals surface area contributed by atoms with Crippen LogP contribution in [0.2, 0.25) is 0 Å². The van der Waals surface area contributed by atoms with Gasteiger partial charge < -0.3 is 4.57 Å². The van der Waals surface area contributed by atoms with E-state index in [9.17, 15) is 8.42 Å². The molecule has 2 N–H and O–H groups in total. The van der Waals surface area contributed by atoms with Crippen LogP contribution in [0.5, 0.6) is 0 Å². The minimum absolute atomic E-state index is 0.109. The van der Waals surface area contributed by atoms with Gasteiger partial charge in [-0.1, -0.05) is 12.1 Å². The van der Waals surface area contributed by atoms with Gasteiger partial charge >= 0.3 is 0 Å². The van der Waals surface area contributed by atoms with Crippen molar-refractivity contribution in [3.05, 3.63) is 30.1 Å². The quantitative estimate of drug-likeness (QED) is 0.762. The van der Waals surface area contributed by atoms with Gasteiger partial charge in [0.15, 0.2) is 0 Å². The van der Waals surface area contributed by atoms with Crippen LogP contribution in [0.4, 0.5) is 0 Å². The molecule has 21 heavy (non-hydrogen) atoms. The monoisotopic (exact) mass is 310 g/mol. The number of rotatable bonds is 7. The number of hydrogen-bond donors (Lipinski definition) is 2. The van der Waals surface area contributed by atoms with Crippen molar-refractivity contribution in [3.8, 4) is 0 Å². The number of hydrogen-bond acceptors (Lipinski definition) is 3. The molecule has 1 heterocycles. The summed E-state index contributed by atoms with van der Waals surface area (Å²) in [6, 6.07) is 7.84. The molecule has 1 aromatic carbocycles. The highest BCUT2D eigenvalue weighted by Crippen LogP contribution is 2.15. The standard InChI is InChI=1S/C14H22N4O2S/c1-11(2)17-21(19,20)15-9-6-10-18-12(3)16-13-7-4-5-8-14(13)18/h4-5,7-8,11,15,17H,6,9-10H2,1-3H3. The first-order valence-corrected chi connectivity index (χ1v) is 8.56. The molecule has 116 valence electrons. The first-order valence-electron chi connectivity index (χ1n) is 7.08. The SMILES string of the molecule is Cc1nc2ccccc2n1CCCNS(=O)(=O)NC(C)C. The minimum Gasteiger partial charge on any atom is -0.328 e. The molecule has 0 saturated carbocycles. The Labute approximate surface area is 125 Å². The number of aromatic nitrogens is 2. The molecule has 2 aromatic rings. The molecule has 6 nitrogen and oxygen atoms in total. The highest BCUT2D eigenvalue weighted by atomic mass is 32.2. The summed E-state index contributed by atoms with van der Waals surface area (Å²) in [5.74, 6) is 0.944. The number of fused-ring (bicyclic) bond motifs is 1. The van der Waals surface area contributed by atoms with Crippen LogP contribution >= 0.6 is 0 Å². The summed E-state index contributed by atoms with van der Waals surface area (Å²) < 4.78 is 30.4. The van der Waals surface area contributed by atoms with E-state index in [1.165, 1.54) is 0 Å². The van der Waals surface area contributed by atoms with Gasteiger partial charge in [-0.2, -0.15) is 13.1 Å². The fraction of sp³-hybridized carbons (Fsp3) is 0.500. The third-order valence-electron chi connectivity index (χ3n) is 3.09. The molecule has 0 aliphatic carbocycles. The number of imidazole rings is 1. The molecule has 0 bridgehead atoms. The van der Waals surface area contributed by atoms with Gasteiger partial charge in [-0.15, -0.1) is 0 Å². The first-order chi connectivity index (χ1) is 9.89. The molecule has 0 saturated heterocycles. The number of nitrogens with zero attached hydrogens (tertiary/aromatic N) is 2. The van der Waals surface area contributed by atoms with Crippen molar-refractivity contribution in [1.82, 2.24) is 19.0 Å². The Morgan fingerprint density at radius 1 is 1.29 bits per heavy atom. The van der Waals surface area contributed by atoms with E-state index in [2.05, 4.69) is 19.0 Å². The molecular weight excluding hydrogens is 288 g/mol. The van der Waals surface area contributed by atoms with E-state index in [1.54, 1.807) is 13.8 Å². The Bertz CT molecular complexity index is 707. The second kappa shape index (κ2) is 6.55. The van der Waals surface area contributed by atoms with Crippen molar-refractivity contribution in [2.45, 2.75) is 39.8 Å². The highest BCUT2D eigenvalue weighted by molar-refractivity contribution is 7.87. The van der Waals surface area contributed by atoms with Gasteiger partial charge in [0.05, 0.1) is 11.0 Å². The molecule has 2 rings (SSSR count). The largest absolute Gasteiger partial charge is 0.328 e. The first kappa shape index (κ1) is 15.9. The molecule has 0 aliphatic rings. The van der Waals surface area contributed by atoms with Gasteiger partial charge in [0.1, 0.15) is 5.82 Å². The normalized spacial score (nSPS) is 12.4. The average molecular weight is 310 g/mol. The lowest BCUT2D eigenvalue weighted by molar-refractivity contribution is 0.547. The van der Waals surface area contributed by atoms with Crippen molar-refractivity contribution in [1.29, 1.82) is 0 Å². The molecule has 7 heteroatoms. The fourth-order valence-electron chi connectivity index (χ4n) is 2.27. The van der Waals surface area contributed by atoms with Crippen LogP contribution in [0, 0.1) is 6.92 Å². The molecule has 0 unspecified atom stereocenters. The second-order valence-corrected chi connectivity index (χ2v) is 6.85. The number of nitrogens with one attached hydrogen (secondary N) is 2. The number of aryl methyl sites for hydroxylation is 2. The van der Waals surface area contributed by atoms with Crippen molar-refractivity contribution < 1.29 is 8.42 Å². The summed E-state index contributed by atoms with van der Waals surface area (Å²) in [6.07, 6.45) is 0.709. The van der Waals surface area contributed by atoms with Crippen LogP contribution in [0.1, 0.15) is 26.1 Å². The lowest BCUT2D eigenvalue weighted by atomic mass is 10.3. The zero-order valence-electron chi connectivity index (χ0n) is 12.6. The van der Waals surface area contributed by atoms with Gasteiger partial charge in [0.2, 0.25) is 0 Å². The lowest BCUT2D eigenvalue weighted by Crippen LogP contribution is -2.40. The molecular formula is C14H22N4O2S. The molecule has 0 radical (unpaired) electrons. The minimum atomic E-state index is -3.40. The van der Waals surface area contributed by atoms with Gasteiger partial charge in [-0.05, 0) is 39.3 Å². The van der Waals surface area contributed by atoms with Crippen LogP contribution in [0.25, 0.3) is 11.0 Å². The Morgan fingerprint density at radius 3 is 2.71 bits per heavy atom. The number of para-hydroxylation sites is 2. The van der Waals surface area contributed by atoms with Gasteiger partial charge in [-0.3, -0.25) is 0 Å². The summed E-state index contributed by atoms with van der Waals surface area (Å²) in [7, 11) is -3.40. The van der Waals surface area contributed by atoms with Gasteiger partial charge in [0, 0.05) is 19.1 Å². The smallest absolute Gasteiger partial charge is 0.277 e. The molecule has 0 fully saturated rings. The van der Waals surface area contributed by atoms with Gasteiger partial charge in [-0.25, -0.2) is 9.71 Å². The predicted molar refractivity (Wildman–Crippen MR) is 84.3 cm³/mol. The Balaban J connectivity index is 1.93. The zero-order chi connectivity index (χ0) is 15.5. The van der Waals surface area contributed by atoms with Crippen LogP contribution in [0.3, 0.4) is 0 Å². The maximum absolute atomic E-state index is 11.6. The third-order valence-corrected chi connectivity index (χ3v) is 4.45. The fourth-order valence-corrected chi connectivity index (χ4v) is 3.39. The maximum Gasteiger partial charge on any atom is 0.277 e. The van der Waals surface area contributed by atoms with Gasteiger partial charge in [0.25, 0.3) is 10.2 Å². The Kier molecular flexibility index (Phi) is 4.97. The second-order valence-electron chi connectivity index (χ2n) is 5.32. The van der Waals surface area contributed by atoms with E-state index in [1.807, 2.05) is 31.2 Å². The summed E-state index contributed by atoms with van der Waals surface area (Å²) >= 11 is 0. The predicted octanol–water partition coefficient (Wildman–Crippen LogP) is 1.57. The zero-order valence-corrected chi connectivity index (χ0v) is 13.4. The summed E-state index contributed by atoms with van der Waals surface area (Å²) in [5.41, 5.74) is 2.05. The number of benzene rings is 1. The van der Waals surface area contributed by atoms with E-state index < -0.39 is 10.2 Å². The van der Waals surface area contributed by atoms with E-state index in [-0.39, 0.29) is 6.04 Å². The third kappa shape index (κ3) is 4.26. The van der Waals surface area contributed by atoms with Crippen molar-refractivity contribution >= 4 is 21.2 Å². The van der Waals surface area contributed by atoms with Crippen LogP contribution < -0.4 is 9.44 Å². The summed E-state index contributed by atoms with van der Waals surface area (Å²) in [5, 5.41) is 0. The highest BCUT2D eigenvalue weighted by Gasteiger charge is 2.10. The van der Waals surface area contributed by atoms with E-state index in [0.29, 0.717) is 13.0 Å².